The van der Waals surface area contributed by atoms with Crippen molar-refractivity contribution >= 4 is 0 Å². The summed E-state index contributed by atoms with van der Waals surface area (Å²) >= 11 is 0. The van der Waals surface area contributed by atoms with Crippen LogP contribution < -0.4 is 0 Å². The predicted octanol–water partition coefficient (Wildman–Crippen LogP) is 3.13. The smallest absolute Gasteiger partial charge is 0.100 e. The molecule has 9 heavy (non-hydrogen) atoms. The van der Waals surface area contributed by atoms with Crippen molar-refractivity contribution in [1.29, 1.82) is 0 Å². The topological polar surface area (TPSA) is 0 Å². The van der Waals surface area contributed by atoms with Gasteiger partial charge in [-0.1, -0.05) is 33.1 Å². The van der Waals surface area contributed by atoms with Crippen LogP contribution in [0.4, 0.5) is 4.39 Å². The summed E-state index contributed by atoms with van der Waals surface area (Å²) in [5.74, 6) is 0. The van der Waals surface area contributed by atoms with Crippen molar-refractivity contribution in [2.45, 2.75) is 45.2 Å². The summed E-state index contributed by atoms with van der Waals surface area (Å²) in [4.78, 5) is 0. The van der Waals surface area contributed by atoms with E-state index in [4.69, 9.17) is 0 Å². The Kier molecular flexibility index (Phi) is 6.01. The molecule has 0 fully saturated rings. The lowest BCUT2D eigenvalue weighted by atomic mass is 10.1. The van der Waals surface area contributed by atoms with Crippen LogP contribution in [-0.4, -0.2) is 6.17 Å². The van der Waals surface area contributed by atoms with Gasteiger partial charge in [-0.15, -0.1) is 0 Å². The van der Waals surface area contributed by atoms with E-state index in [1.54, 1.807) is 0 Å². The number of rotatable bonds is 5. The van der Waals surface area contributed by atoms with Crippen molar-refractivity contribution in [3.63, 3.8) is 0 Å². The second-order valence-electron chi connectivity index (χ2n) is 2.38. The largest absolute Gasteiger partial charge is 0.247 e. The van der Waals surface area contributed by atoms with Crippen molar-refractivity contribution in [3.05, 3.63) is 6.92 Å². The Bertz CT molecular complexity index is 52.5. The van der Waals surface area contributed by atoms with E-state index in [9.17, 15) is 4.39 Å². The molecule has 1 heteroatoms. The fourth-order valence-corrected chi connectivity index (χ4v) is 0.791. The standard InChI is InChI=1S/C8H16F/c1-3-5-7-8(9)6-4-2/h8H,2-7H2,1H3. The van der Waals surface area contributed by atoms with E-state index in [0.717, 1.165) is 25.7 Å². The monoisotopic (exact) mass is 131 g/mol. The van der Waals surface area contributed by atoms with E-state index in [-0.39, 0.29) is 0 Å². The highest BCUT2D eigenvalue weighted by Crippen LogP contribution is 2.09. The molecule has 1 atom stereocenters. The molecule has 0 N–H and O–H groups in total. The molecule has 0 aliphatic rings. The Hall–Kier alpha value is -0.0700. The molecular formula is C8H16F. The van der Waals surface area contributed by atoms with E-state index < -0.39 is 6.17 Å². The molecule has 1 radical (unpaired) electrons. The molecule has 0 bridgehead atoms. The fourth-order valence-electron chi connectivity index (χ4n) is 0.791. The van der Waals surface area contributed by atoms with Gasteiger partial charge in [0.1, 0.15) is 6.17 Å². The molecule has 0 spiro atoms. The summed E-state index contributed by atoms with van der Waals surface area (Å²) in [7, 11) is 0. The van der Waals surface area contributed by atoms with Crippen molar-refractivity contribution in [2.24, 2.45) is 0 Å². The second kappa shape index (κ2) is 6.06. The molecule has 0 rings (SSSR count). The third kappa shape index (κ3) is 5.81. The summed E-state index contributed by atoms with van der Waals surface area (Å²) in [6, 6.07) is 0. The highest BCUT2D eigenvalue weighted by atomic mass is 19.1. The molecule has 0 nitrogen and oxygen atoms in total. The summed E-state index contributed by atoms with van der Waals surface area (Å²) in [5.41, 5.74) is 0. The third-order valence-electron chi connectivity index (χ3n) is 1.39. The van der Waals surface area contributed by atoms with Gasteiger partial charge in [-0.25, -0.2) is 4.39 Å². The van der Waals surface area contributed by atoms with Gasteiger partial charge in [0.2, 0.25) is 0 Å². The molecule has 1 unspecified atom stereocenters. The first-order valence-corrected chi connectivity index (χ1v) is 3.74. The SMILES string of the molecule is [CH2]CCC(F)CCCC. The van der Waals surface area contributed by atoms with E-state index in [2.05, 4.69) is 13.8 Å². The number of unbranched alkanes of at least 4 members (excludes halogenated alkanes) is 1. The van der Waals surface area contributed by atoms with Gasteiger partial charge in [0.15, 0.2) is 0 Å². The van der Waals surface area contributed by atoms with Gasteiger partial charge in [-0.3, -0.25) is 0 Å². The van der Waals surface area contributed by atoms with Crippen molar-refractivity contribution in [3.8, 4) is 0 Å². The summed E-state index contributed by atoms with van der Waals surface area (Å²) in [6.07, 6.45) is 3.61. The summed E-state index contributed by atoms with van der Waals surface area (Å²) in [6.45, 7) is 5.67. The zero-order chi connectivity index (χ0) is 7.11. The van der Waals surface area contributed by atoms with E-state index in [0.29, 0.717) is 6.42 Å². The van der Waals surface area contributed by atoms with Gasteiger partial charge in [0.25, 0.3) is 0 Å². The minimum atomic E-state index is -0.595. The average molecular weight is 131 g/mol. The fraction of sp³-hybridized carbons (Fsp3) is 0.875. The predicted molar refractivity (Wildman–Crippen MR) is 39.0 cm³/mol. The number of alkyl halides is 1. The van der Waals surface area contributed by atoms with Gasteiger partial charge >= 0.3 is 0 Å². The number of hydrogen-bond acceptors (Lipinski definition) is 0. The van der Waals surface area contributed by atoms with Crippen LogP contribution in [0.15, 0.2) is 0 Å². The lowest BCUT2D eigenvalue weighted by Crippen LogP contribution is -1.97. The maximum absolute atomic E-state index is 12.6. The molecule has 0 amide bonds. The third-order valence-corrected chi connectivity index (χ3v) is 1.39. The normalized spacial score (nSPS) is 13.7. The highest BCUT2D eigenvalue weighted by Gasteiger charge is 2.01. The van der Waals surface area contributed by atoms with Crippen LogP contribution >= 0.6 is 0 Å². The number of halogens is 1. The second-order valence-corrected chi connectivity index (χ2v) is 2.38. The zero-order valence-corrected chi connectivity index (χ0v) is 6.20. The highest BCUT2D eigenvalue weighted by molar-refractivity contribution is 4.56. The average Bonchev–Trinajstić information content (AvgIpc) is 1.85. The molecule has 55 valence electrons. The molecule has 0 aliphatic heterocycles. The van der Waals surface area contributed by atoms with Crippen LogP contribution in [0.1, 0.15) is 39.0 Å². The Morgan fingerprint density at radius 3 is 2.56 bits per heavy atom. The van der Waals surface area contributed by atoms with Crippen LogP contribution in [0.2, 0.25) is 0 Å². The zero-order valence-electron chi connectivity index (χ0n) is 6.20. The van der Waals surface area contributed by atoms with Crippen LogP contribution in [0.3, 0.4) is 0 Å². The molecular weight excluding hydrogens is 115 g/mol. The summed E-state index contributed by atoms with van der Waals surface area (Å²) < 4.78 is 12.6. The van der Waals surface area contributed by atoms with Gasteiger partial charge in [-0.2, -0.15) is 0 Å². The molecule has 0 heterocycles. The quantitative estimate of drug-likeness (QED) is 0.537. The van der Waals surface area contributed by atoms with Gasteiger partial charge in [0.05, 0.1) is 0 Å². The first-order chi connectivity index (χ1) is 4.31. The van der Waals surface area contributed by atoms with Gasteiger partial charge < -0.3 is 0 Å². The van der Waals surface area contributed by atoms with Crippen molar-refractivity contribution < 1.29 is 4.39 Å². The van der Waals surface area contributed by atoms with Crippen molar-refractivity contribution in [2.75, 3.05) is 0 Å². The Labute approximate surface area is 57.5 Å². The Balaban J connectivity index is 2.95. The first kappa shape index (κ1) is 8.93. The number of hydrogen-bond donors (Lipinski definition) is 0. The van der Waals surface area contributed by atoms with E-state index in [1.807, 2.05) is 0 Å². The van der Waals surface area contributed by atoms with Crippen LogP contribution in [0.25, 0.3) is 0 Å². The summed E-state index contributed by atoms with van der Waals surface area (Å²) in [5, 5.41) is 0. The van der Waals surface area contributed by atoms with Crippen LogP contribution in [0, 0.1) is 6.92 Å². The van der Waals surface area contributed by atoms with Crippen molar-refractivity contribution in [1.82, 2.24) is 0 Å². The lowest BCUT2D eigenvalue weighted by molar-refractivity contribution is 0.291. The molecule has 0 aliphatic carbocycles. The first-order valence-electron chi connectivity index (χ1n) is 3.74. The molecule has 0 aromatic carbocycles. The maximum Gasteiger partial charge on any atom is 0.100 e. The Morgan fingerprint density at radius 2 is 2.11 bits per heavy atom. The van der Waals surface area contributed by atoms with E-state index in [1.165, 1.54) is 0 Å². The van der Waals surface area contributed by atoms with Crippen LogP contribution in [-0.2, 0) is 0 Å². The molecule has 0 aromatic rings. The minimum Gasteiger partial charge on any atom is -0.247 e. The van der Waals surface area contributed by atoms with Gasteiger partial charge in [0, 0.05) is 0 Å². The van der Waals surface area contributed by atoms with Gasteiger partial charge in [-0.05, 0) is 12.8 Å². The minimum absolute atomic E-state index is 0.595. The molecule has 0 saturated heterocycles. The lowest BCUT2D eigenvalue weighted by Gasteiger charge is -2.03. The van der Waals surface area contributed by atoms with E-state index >= 15 is 0 Å². The maximum atomic E-state index is 12.6. The molecule has 0 aromatic heterocycles. The van der Waals surface area contributed by atoms with Crippen LogP contribution in [0.5, 0.6) is 0 Å². The molecule has 0 saturated carbocycles. The Morgan fingerprint density at radius 1 is 1.44 bits per heavy atom.